The highest BCUT2D eigenvalue weighted by Gasteiger charge is 2.37. The molecule has 3 heterocycles. The topological polar surface area (TPSA) is 59.4 Å². The van der Waals surface area contributed by atoms with Gasteiger partial charge in [-0.1, -0.05) is 0 Å². The number of nitrogens with zero attached hydrogens (tertiary/aromatic N) is 3. The average Bonchev–Trinajstić information content (AvgIpc) is 3.08. The first-order valence-electron chi connectivity index (χ1n) is 11.0. The minimum absolute atomic E-state index is 0.0424. The van der Waals surface area contributed by atoms with Gasteiger partial charge >= 0.3 is 18.4 Å². The van der Waals surface area contributed by atoms with Crippen LogP contribution in [0, 0.1) is 0 Å². The van der Waals surface area contributed by atoms with Crippen LogP contribution in [-0.4, -0.2) is 40.4 Å². The van der Waals surface area contributed by atoms with Gasteiger partial charge in [0.15, 0.2) is 0 Å². The number of carbonyl (C=O) groups excluding carboxylic acids is 1. The van der Waals surface area contributed by atoms with Gasteiger partial charge in [-0.2, -0.15) is 31.4 Å². The second-order valence-electron chi connectivity index (χ2n) is 8.57. The Morgan fingerprint density at radius 2 is 1.74 bits per heavy atom. The van der Waals surface area contributed by atoms with Gasteiger partial charge in [0.05, 0.1) is 29.1 Å². The summed E-state index contributed by atoms with van der Waals surface area (Å²) in [5.41, 5.74) is -1.52. The average molecular weight is 490 g/mol. The SMILES string of the molecule is O=C(OCc1cc(C(F)(F)F)cc(C(F)(F)F)c1)N1CCCn2nc(C3CCCNC3)cc2C1. The molecule has 1 aromatic carbocycles. The molecule has 0 bridgehead atoms. The van der Waals surface area contributed by atoms with Crippen molar-refractivity contribution in [2.75, 3.05) is 19.6 Å². The molecule has 2 aliphatic heterocycles. The normalized spacial score (nSPS) is 19.5. The summed E-state index contributed by atoms with van der Waals surface area (Å²) in [4.78, 5) is 14.0. The van der Waals surface area contributed by atoms with Crippen molar-refractivity contribution in [1.29, 1.82) is 0 Å². The molecule has 12 heteroatoms. The molecule has 4 rings (SSSR count). The number of aryl methyl sites for hydroxylation is 1. The van der Waals surface area contributed by atoms with Crippen LogP contribution in [0.4, 0.5) is 31.1 Å². The predicted octanol–water partition coefficient (Wildman–Crippen LogP) is 4.93. The lowest BCUT2D eigenvalue weighted by molar-refractivity contribution is -0.143. The van der Waals surface area contributed by atoms with Crippen LogP contribution in [0.3, 0.4) is 0 Å². The second-order valence-corrected chi connectivity index (χ2v) is 8.57. The third-order valence-corrected chi connectivity index (χ3v) is 6.02. The maximum atomic E-state index is 13.1. The molecule has 34 heavy (non-hydrogen) atoms. The second kappa shape index (κ2) is 9.47. The quantitative estimate of drug-likeness (QED) is 0.620. The lowest BCUT2D eigenvalue weighted by Crippen LogP contribution is -2.31. The van der Waals surface area contributed by atoms with E-state index in [1.165, 1.54) is 4.90 Å². The first-order valence-corrected chi connectivity index (χ1v) is 11.0. The van der Waals surface area contributed by atoms with Gasteiger partial charge in [0.25, 0.3) is 0 Å². The van der Waals surface area contributed by atoms with Gasteiger partial charge in [-0.25, -0.2) is 4.79 Å². The summed E-state index contributed by atoms with van der Waals surface area (Å²) in [6.45, 7) is 2.23. The lowest BCUT2D eigenvalue weighted by atomic mass is 9.96. The number of rotatable bonds is 3. The van der Waals surface area contributed by atoms with Gasteiger partial charge in [0, 0.05) is 25.6 Å². The first-order chi connectivity index (χ1) is 16.0. The number of carbonyl (C=O) groups is 1. The van der Waals surface area contributed by atoms with Crippen molar-refractivity contribution in [3.8, 4) is 0 Å². The smallest absolute Gasteiger partial charge is 0.416 e. The first kappa shape index (κ1) is 24.4. The van der Waals surface area contributed by atoms with Crippen molar-refractivity contribution < 1.29 is 35.9 Å². The third kappa shape index (κ3) is 5.65. The molecule has 1 amide bonds. The van der Waals surface area contributed by atoms with Gasteiger partial charge in [-0.05, 0) is 55.6 Å². The Hall–Kier alpha value is -2.76. The van der Waals surface area contributed by atoms with Crippen molar-refractivity contribution in [2.24, 2.45) is 0 Å². The highest BCUT2D eigenvalue weighted by atomic mass is 19.4. The molecule has 1 saturated heterocycles. The summed E-state index contributed by atoms with van der Waals surface area (Å²) in [5.74, 6) is 0.289. The van der Waals surface area contributed by atoms with E-state index in [1.807, 2.05) is 10.7 Å². The minimum atomic E-state index is -4.96. The number of hydrogen-bond donors (Lipinski definition) is 1. The molecule has 0 aliphatic carbocycles. The van der Waals surface area contributed by atoms with Crippen LogP contribution in [0.2, 0.25) is 0 Å². The van der Waals surface area contributed by atoms with E-state index in [0.29, 0.717) is 31.6 Å². The molecule has 1 unspecified atom stereocenters. The molecule has 0 spiro atoms. The maximum absolute atomic E-state index is 13.1. The Kier molecular flexibility index (Phi) is 6.79. The van der Waals surface area contributed by atoms with E-state index in [0.717, 1.165) is 37.3 Å². The van der Waals surface area contributed by atoms with Gasteiger partial charge in [-0.3, -0.25) is 4.68 Å². The fourth-order valence-corrected chi connectivity index (χ4v) is 4.28. The van der Waals surface area contributed by atoms with Crippen molar-refractivity contribution >= 4 is 6.09 Å². The van der Waals surface area contributed by atoms with Crippen molar-refractivity contribution in [3.63, 3.8) is 0 Å². The molecule has 1 aromatic heterocycles. The van der Waals surface area contributed by atoms with E-state index < -0.39 is 36.2 Å². The number of fused-ring (bicyclic) bond motifs is 1. The lowest BCUT2D eigenvalue weighted by Gasteiger charge is -2.21. The van der Waals surface area contributed by atoms with E-state index >= 15 is 0 Å². The Balaban J connectivity index is 1.45. The number of hydrogen-bond acceptors (Lipinski definition) is 4. The molecule has 0 saturated carbocycles. The fourth-order valence-electron chi connectivity index (χ4n) is 4.28. The third-order valence-electron chi connectivity index (χ3n) is 6.02. The summed E-state index contributed by atoms with van der Waals surface area (Å²) < 4.78 is 85.3. The Bertz CT molecular complexity index is 995. The molecule has 2 aromatic rings. The molecular weight excluding hydrogens is 466 g/mol. The van der Waals surface area contributed by atoms with Gasteiger partial charge in [0.2, 0.25) is 0 Å². The van der Waals surface area contributed by atoms with E-state index in [-0.39, 0.29) is 24.1 Å². The number of ether oxygens (including phenoxy) is 1. The van der Waals surface area contributed by atoms with Gasteiger partial charge in [0.1, 0.15) is 6.61 Å². The molecular formula is C22H24F6N4O2. The van der Waals surface area contributed by atoms with E-state index in [9.17, 15) is 31.1 Å². The van der Waals surface area contributed by atoms with E-state index in [1.54, 1.807) is 0 Å². The van der Waals surface area contributed by atoms with E-state index in [2.05, 4.69) is 10.4 Å². The minimum Gasteiger partial charge on any atom is -0.445 e. The van der Waals surface area contributed by atoms with Crippen LogP contribution in [0.15, 0.2) is 24.3 Å². The fraction of sp³-hybridized carbons (Fsp3) is 0.545. The van der Waals surface area contributed by atoms with Crippen LogP contribution in [0.5, 0.6) is 0 Å². The number of piperidine rings is 1. The number of benzene rings is 1. The maximum Gasteiger partial charge on any atom is 0.416 e. The standard InChI is InChI=1S/C22H24F6N4O2/c23-21(24,25)16-7-14(8-17(9-16)22(26,27)28)13-34-20(33)31-5-2-6-32-18(12-31)10-19(30-32)15-3-1-4-29-11-15/h7-10,15,29H,1-6,11-13H2. The zero-order valence-electron chi connectivity index (χ0n) is 18.2. The molecule has 1 fully saturated rings. The highest BCUT2D eigenvalue weighted by molar-refractivity contribution is 5.67. The van der Waals surface area contributed by atoms with E-state index in [4.69, 9.17) is 4.74 Å². The van der Waals surface area contributed by atoms with Crippen LogP contribution in [-0.2, 0) is 36.8 Å². The molecule has 1 N–H and O–H groups in total. The highest BCUT2D eigenvalue weighted by Crippen LogP contribution is 2.36. The van der Waals surface area contributed by atoms with Crippen molar-refractivity contribution in [3.05, 3.63) is 52.3 Å². The number of aromatic nitrogens is 2. The van der Waals surface area contributed by atoms with Gasteiger partial charge < -0.3 is 15.0 Å². The Morgan fingerprint density at radius 3 is 2.35 bits per heavy atom. The Morgan fingerprint density at radius 1 is 1.03 bits per heavy atom. The zero-order valence-corrected chi connectivity index (χ0v) is 18.2. The summed E-state index contributed by atoms with van der Waals surface area (Å²) in [6, 6.07) is 3.11. The molecule has 6 nitrogen and oxygen atoms in total. The van der Waals surface area contributed by atoms with Crippen LogP contribution in [0.25, 0.3) is 0 Å². The van der Waals surface area contributed by atoms with Gasteiger partial charge in [-0.15, -0.1) is 0 Å². The summed E-state index contributed by atoms with van der Waals surface area (Å²) in [7, 11) is 0. The van der Waals surface area contributed by atoms with Crippen LogP contribution < -0.4 is 5.32 Å². The summed E-state index contributed by atoms with van der Waals surface area (Å²) in [5, 5.41) is 8.01. The Labute approximate surface area is 191 Å². The summed E-state index contributed by atoms with van der Waals surface area (Å²) >= 11 is 0. The van der Waals surface area contributed by atoms with Crippen LogP contribution >= 0.6 is 0 Å². The van der Waals surface area contributed by atoms with Crippen molar-refractivity contribution in [2.45, 2.75) is 57.2 Å². The van der Waals surface area contributed by atoms with Crippen molar-refractivity contribution in [1.82, 2.24) is 20.0 Å². The molecule has 186 valence electrons. The number of amides is 1. The molecule has 1 atom stereocenters. The number of alkyl halides is 6. The molecule has 0 radical (unpaired) electrons. The van der Waals surface area contributed by atoms with Crippen LogP contribution in [0.1, 0.15) is 53.3 Å². The molecule has 2 aliphatic rings. The number of nitrogens with one attached hydrogen (secondary N) is 1. The zero-order chi connectivity index (χ0) is 24.5. The largest absolute Gasteiger partial charge is 0.445 e. The predicted molar refractivity (Wildman–Crippen MR) is 109 cm³/mol. The monoisotopic (exact) mass is 490 g/mol. The number of halogens is 6. The summed E-state index contributed by atoms with van der Waals surface area (Å²) in [6.07, 6.45) is -8.07.